The number of nitrogens with one attached hydrogen (secondary N) is 1. The third kappa shape index (κ3) is 3.03. The van der Waals surface area contributed by atoms with Gasteiger partial charge in [-0.25, -0.2) is 4.79 Å². The molecule has 0 unspecified atom stereocenters. The number of aromatic carboxylic acids is 1. The fourth-order valence-corrected chi connectivity index (χ4v) is 1.58. The standard InChI is InChI=1S/C12H11N5O4/c1-2-6-13-11-10(12(18)19)14-16(15-11)8-4-3-5-9(7-8)17(20)21/h2-5,7H,1,6H2,(H,13,15)(H,18,19). The average Bonchev–Trinajstić information content (AvgIpc) is 2.89. The van der Waals surface area contributed by atoms with Gasteiger partial charge in [0.05, 0.1) is 10.6 Å². The number of carboxylic acids is 1. The van der Waals surface area contributed by atoms with Crippen LogP contribution in [0.3, 0.4) is 0 Å². The predicted octanol–water partition coefficient (Wildman–Crippen LogP) is 1.47. The van der Waals surface area contributed by atoms with Crippen LogP contribution in [-0.2, 0) is 0 Å². The van der Waals surface area contributed by atoms with Gasteiger partial charge in [0.15, 0.2) is 5.82 Å². The van der Waals surface area contributed by atoms with E-state index in [1.54, 1.807) is 0 Å². The zero-order chi connectivity index (χ0) is 15.4. The number of nitro groups is 1. The lowest BCUT2D eigenvalue weighted by Gasteiger charge is -1.99. The molecule has 1 aromatic carbocycles. The molecule has 2 aromatic rings. The summed E-state index contributed by atoms with van der Waals surface area (Å²) in [6.45, 7) is 3.82. The highest BCUT2D eigenvalue weighted by molar-refractivity contribution is 5.90. The van der Waals surface area contributed by atoms with E-state index in [2.05, 4.69) is 22.1 Å². The summed E-state index contributed by atoms with van der Waals surface area (Å²) in [5.74, 6) is -1.19. The molecule has 0 fully saturated rings. The molecule has 21 heavy (non-hydrogen) atoms. The van der Waals surface area contributed by atoms with Crippen LogP contribution < -0.4 is 5.32 Å². The summed E-state index contributed by atoms with van der Waals surface area (Å²) < 4.78 is 0. The Labute approximate surface area is 118 Å². The zero-order valence-electron chi connectivity index (χ0n) is 10.8. The van der Waals surface area contributed by atoms with Crippen LogP contribution in [0.25, 0.3) is 5.69 Å². The van der Waals surface area contributed by atoms with Crippen LogP contribution in [0, 0.1) is 10.1 Å². The molecule has 0 aliphatic rings. The number of non-ortho nitro benzene ring substituents is 1. The van der Waals surface area contributed by atoms with Crippen molar-refractivity contribution in [2.45, 2.75) is 0 Å². The van der Waals surface area contributed by atoms with Crippen molar-refractivity contribution in [3.8, 4) is 5.69 Å². The molecule has 0 aliphatic heterocycles. The largest absolute Gasteiger partial charge is 0.476 e. The van der Waals surface area contributed by atoms with Gasteiger partial charge < -0.3 is 10.4 Å². The Kier molecular flexibility index (Phi) is 3.93. The first kappa shape index (κ1) is 14.2. The van der Waals surface area contributed by atoms with Gasteiger partial charge in [0.1, 0.15) is 0 Å². The topological polar surface area (TPSA) is 123 Å². The summed E-state index contributed by atoms with van der Waals surface area (Å²) >= 11 is 0. The van der Waals surface area contributed by atoms with Crippen molar-refractivity contribution in [1.82, 2.24) is 15.0 Å². The maximum absolute atomic E-state index is 11.1. The van der Waals surface area contributed by atoms with E-state index in [4.69, 9.17) is 5.11 Å². The second-order valence-electron chi connectivity index (χ2n) is 3.94. The molecule has 1 aromatic heterocycles. The maximum atomic E-state index is 11.1. The van der Waals surface area contributed by atoms with Gasteiger partial charge in [0.25, 0.3) is 5.69 Å². The molecular formula is C12H11N5O4. The Morgan fingerprint density at radius 1 is 1.52 bits per heavy atom. The minimum absolute atomic E-state index is 0.0638. The summed E-state index contributed by atoms with van der Waals surface area (Å²) in [4.78, 5) is 22.3. The number of hydrogen-bond acceptors (Lipinski definition) is 6. The first-order valence-corrected chi connectivity index (χ1v) is 5.83. The van der Waals surface area contributed by atoms with E-state index >= 15 is 0 Å². The SMILES string of the molecule is C=CCNc1nn(-c2cccc([N+](=O)[O-])c2)nc1C(=O)O. The zero-order valence-corrected chi connectivity index (χ0v) is 10.8. The number of rotatable bonds is 6. The van der Waals surface area contributed by atoms with Gasteiger partial charge >= 0.3 is 5.97 Å². The van der Waals surface area contributed by atoms with Crippen molar-refractivity contribution in [2.24, 2.45) is 0 Å². The molecule has 0 saturated carbocycles. The van der Waals surface area contributed by atoms with Crippen LogP contribution in [0.1, 0.15) is 10.5 Å². The first-order chi connectivity index (χ1) is 10.0. The van der Waals surface area contributed by atoms with Crippen LogP contribution in [0.2, 0.25) is 0 Å². The molecule has 0 bridgehead atoms. The Balaban J connectivity index is 2.44. The van der Waals surface area contributed by atoms with E-state index in [0.717, 1.165) is 4.80 Å². The number of carboxylic acid groups (broad SMARTS) is 1. The van der Waals surface area contributed by atoms with Crippen LogP contribution in [0.5, 0.6) is 0 Å². The number of aromatic nitrogens is 3. The Morgan fingerprint density at radius 3 is 2.90 bits per heavy atom. The Morgan fingerprint density at radius 2 is 2.29 bits per heavy atom. The van der Waals surface area contributed by atoms with Gasteiger partial charge in [-0.3, -0.25) is 10.1 Å². The van der Waals surface area contributed by atoms with E-state index in [0.29, 0.717) is 12.2 Å². The number of hydrogen-bond donors (Lipinski definition) is 2. The number of anilines is 1. The molecule has 0 radical (unpaired) electrons. The smallest absolute Gasteiger partial charge is 0.360 e. The van der Waals surface area contributed by atoms with Gasteiger partial charge in [-0.15, -0.1) is 21.6 Å². The van der Waals surface area contributed by atoms with Crippen molar-refractivity contribution in [3.63, 3.8) is 0 Å². The molecule has 0 amide bonds. The van der Waals surface area contributed by atoms with E-state index < -0.39 is 10.9 Å². The molecule has 0 aliphatic carbocycles. The van der Waals surface area contributed by atoms with Crippen LogP contribution in [0.15, 0.2) is 36.9 Å². The number of carbonyl (C=O) groups is 1. The summed E-state index contributed by atoms with van der Waals surface area (Å²) in [5.41, 5.74) is -0.121. The van der Waals surface area contributed by atoms with E-state index in [-0.39, 0.29) is 17.2 Å². The van der Waals surface area contributed by atoms with Gasteiger partial charge in [-0.2, -0.15) is 0 Å². The number of benzene rings is 1. The molecule has 0 spiro atoms. The lowest BCUT2D eigenvalue weighted by molar-refractivity contribution is -0.384. The molecule has 2 N–H and O–H groups in total. The maximum Gasteiger partial charge on any atom is 0.360 e. The van der Waals surface area contributed by atoms with E-state index in [1.165, 1.54) is 30.3 Å². The quantitative estimate of drug-likeness (QED) is 0.469. The van der Waals surface area contributed by atoms with Crippen molar-refractivity contribution < 1.29 is 14.8 Å². The second-order valence-corrected chi connectivity index (χ2v) is 3.94. The number of nitro benzene ring substituents is 1. The lowest BCUT2D eigenvalue weighted by Crippen LogP contribution is -2.05. The number of nitrogens with zero attached hydrogens (tertiary/aromatic N) is 4. The van der Waals surface area contributed by atoms with Crippen molar-refractivity contribution in [2.75, 3.05) is 11.9 Å². The molecule has 9 nitrogen and oxygen atoms in total. The van der Waals surface area contributed by atoms with Crippen LogP contribution in [-0.4, -0.2) is 37.5 Å². The molecule has 2 rings (SSSR count). The summed E-state index contributed by atoms with van der Waals surface area (Å²) in [6.07, 6.45) is 1.54. The Hall–Kier alpha value is -3.23. The van der Waals surface area contributed by atoms with E-state index in [1.807, 2.05) is 0 Å². The highest BCUT2D eigenvalue weighted by Gasteiger charge is 2.18. The van der Waals surface area contributed by atoms with Gasteiger partial charge in [0, 0.05) is 18.7 Å². The summed E-state index contributed by atoms with van der Waals surface area (Å²) in [6, 6.07) is 5.58. The molecule has 108 valence electrons. The second kappa shape index (κ2) is 5.82. The third-order valence-electron chi connectivity index (χ3n) is 2.50. The van der Waals surface area contributed by atoms with Gasteiger partial charge in [-0.1, -0.05) is 12.1 Å². The molecule has 9 heteroatoms. The molecule has 1 heterocycles. The molecule has 0 atom stereocenters. The van der Waals surface area contributed by atoms with Crippen molar-refractivity contribution >= 4 is 17.5 Å². The average molecular weight is 289 g/mol. The van der Waals surface area contributed by atoms with Gasteiger partial charge in [-0.05, 0) is 6.07 Å². The highest BCUT2D eigenvalue weighted by Crippen LogP contribution is 2.18. The van der Waals surface area contributed by atoms with Crippen molar-refractivity contribution in [3.05, 3.63) is 52.7 Å². The lowest BCUT2D eigenvalue weighted by atomic mass is 10.3. The summed E-state index contributed by atoms with van der Waals surface area (Å²) in [5, 5.41) is 30.4. The summed E-state index contributed by atoms with van der Waals surface area (Å²) in [7, 11) is 0. The normalized spacial score (nSPS) is 10.1. The van der Waals surface area contributed by atoms with Crippen LogP contribution in [0.4, 0.5) is 11.5 Å². The molecule has 0 saturated heterocycles. The van der Waals surface area contributed by atoms with Crippen molar-refractivity contribution in [1.29, 1.82) is 0 Å². The third-order valence-corrected chi connectivity index (χ3v) is 2.50. The fraction of sp³-hybridized carbons (Fsp3) is 0.0833. The minimum atomic E-state index is -1.25. The van der Waals surface area contributed by atoms with Gasteiger partial charge in [0.2, 0.25) is 5.69 Å². The van der Waals surface area contributed by atoms with E-state index in [9.17, 15) is 14.9 Å². The van der Waals surface area contributed by atoms with Crippen LogP contribution >= 0.6 is 0 Å². The Bertz CT molecular complexity index is 709. The minimum Gasteiger partial charge on any atom is -0.476 e. The predicted molar refractivity (Wildman–Crippen MR) is 73.7 cm³/mol. The monoisotopic (exact) mass is 289 g/mol. The highest BCUT2D eigenvalue weighted by atomic mass is 16.6. The fourth-order valence-electron chi connectivity index (χ4n) is 1.58. The molecular weight excluding hydrogens is 278 g/mol. The first-order valence-electron chi connectivity index (χ1n) is 5.83.